The number of carbonyl (C=O) groups is 1. The van der Waals surface area contributed by atoms with Crippen molar-refractivity contribution in [2.45, 2.75) is 25.9 Å². The topological polar surface area (TPSA) is 112 Å². The Morgan fingerprint density at radius 2 is 2.16 bits per heavy atom. The van der Waals surface area contributed by atoms with Gasteiger partial charge in [0.15, 0.2) is 5.82 Å². The van der Waals surface area contributed by atoms with Crippen LogP contribution < -0.4 is 10.2 Å². The highest BCUT2D eigenvalue weighted by Gasteiger charge is 2.32. The van der Waals surface area contributed by atoms with Gasteiger partial charge in [0, 0.05) is 17.8 Å². The van der Waals surface area contributed by atoms with Crippen LogP contribution in [0.15, 0.2) is 40.9 Å². The van der Waals surface area contributed by atoms with Gasteiger partial charge in [-0.1, -0.05) is 17.3 Å². The number of hydrogen-bond donors (Lipinski definition) is 3. The van der Waals surface area contributed by atoms with E-state index in [1.54, 1.807) is 30.0 Å². The number of aliphatic hydroxyl groups excluding tert-OH is 1. The van der Waals surface area contributed by atoms with Gasteiger partial charge in [0.05, 0.1) is 18.8 Å². The van der Waals surface area contributed by atoms with Crippen LogP contribution in [0.4, 0.5) is 15.8 Å². The molecule has 1 atom stereocenters. The van der Waals surface area contributed by atoms with Gasteiger partial charge in [-0.2, -0.15) is 4.98 Å². The second-order valence-electron chi connectivity index (χ2n) is 7.73. The van der Waals surface area contributed by atoms with Crippen LogP contribution in [0.3, 0.4) is 0 Å². The molecule has 3 N–H and O–H groups in total. The van der Waals surface area contributed by atoms with E-state index < -0.39 is 18.0 Å². The maximum Gasteiger partial charge on any atom is 0.257 e. The molecule has 0 saturated carbocycles. The Balaban J connectivity index is 1.51. The number of benzene rings is 2. The molecular formula is C22H23FN4O4. The molecule has 2 heterocycles. The van der Waals surface area contributed by atoms with Crippen molar-refractivity contribution in [1.29, 1.82) is 0 Å². The van der Waals surface area contributed by atoms with E-state index in [0.29, 0.717) is 35.6 Å². The summed E-state index contributed by atoms with van der Waals surface area (Å²) in [6.07, 6.45) is 0.563. The number of carbonyl (C=O) groups excluding carboxylic acids is 1. The molecular weight excluding hydrogens is 403 g/mol. The average molecular weight is 426 g/mol. The quantitative estimate of drug-likeness (QED) is 0.555. The highest BCUT2D eigenvalue weighted by atomic mass is 19.1. The molecule has 31 heavy (non-hydrogen) atoms. The van der Waals surface area contributed by atoms with Crippen LogP contribution in [0.5, 0.6) is 0 Å². The van der Waals surface area contributed by atoms with Crippen LogP contribution in [-0.4, -0.2) is 46.0 Å². The fraction of sp³-hybridized carbons (Fsp3) is 0.318. The lowest BCUT2D eigenvalue weighted by Crippen LogP contribution is -2.34. The van der Waals surface area contributed by atoms with Crippen molar-refractivity contribution in [3.63, 3.8) is 0 Å². The van der Waals surface area contributed by atoms with E-state index >= 15 is 0 Å². The fourth-order valence-electron chi connectivity index (χ4n) is 3.76. The molecule has 0 bridgehead atoms. The molecule has 0 aliphatic carbocycles. The molecule has 1 aliphatic rings. The van der Waals surface area contributed by atoms with Crippen LogP contribution in [-0.2, 0) is 16.8 Å². The lowest BCUT2D eigenvalue weighted by Gasteiger charge is -2.24. The smallest absolute Gasteiger partial charge is 0.257 e. The third kappa shape index (κ3) is 4.01. The van der Waals surface area contributed by atoms with Gasteiger partial charge in [-0.25, -0.2) is 4.39 Å². The second kappa shape index (κ2) is 8.09. The molecule has 1 aliphatic heterocycles. The van der Waals surface area contributed by atoms with Gasteiger partial charge in [-0.3, -0.25) is 4.79 Å². The van der Waals surface area contributed by atoms with E-state index in [-0.39, 0.29) is 24.0 Å². The number of amides is 1. The maximum absolute atomic E-state index is 14.3. The largest absolute Gasteiger partial charge is 0.393 e. The number of fused-ring (bicyclic) bond motifs is 1. The van der Waals surface area contributed by atoms with E-state index in [9.17, 15) is 19.4 Å². The number of aliphatic hydroxyl groups is 2. The Bertz CT molecular complexity index is 1130. The van der Waals surface area contributed by atoms with Gasteiger partial charge >= 0.3 is 0 Å². The van der Waals surface area contributed by atoms with E-state index in [2.05, 4.69) is 15.5 Å². The molecule has 0 fully saturated rings. The molecule has 2 aromatic carbocycles. The van der Waals surface area contributed by atoms with Gasteiger partial charge in [-0.05, 0) is 55.7 Å². The Labute approximate surface area is 178 Å². The van der Waals surface area contributed by atoms with Gasteiger partial charge in [0.2, 0.25) is 5.91 Å². The Kier molecular flexibility index (Phi) is 5.47. The molecule has 1 amide bonds. The van der Waals surface area contributed by atoms with E-state index in [4.69, 9.17) is 4.52 Å². The first-order valence-electron chi connectivity index (χ1n) is 9.90. The predicted octanol–water partition coefficient (Wildman–Crippen LogP) is 2.39. The summed E-state index contributed by atoms with van der Waals surface area (Å²) < 4.78 is 19.4. The summed E-state index contributed by atoms with van der Waals surface area (Å²) in [5, 5.41) is 26.5. The Morgan fingerprint density at radius 3 is 2.87 bits per heavy atom. The average Bonchev–Trinajstić information content (AvgIpc) is 3.39. The monoisotopic (exact) mass is 426 g/mol. The van der Waals surface area contributed by atoms with Crippen LogP contribution in [0.25, 0.3) is 11.5 Å². The van der Waals surface area contributed by atoms with Crippen LogP contribution >= 0.6 is 0 Å². The third-order valence-corrected chi connectivity index (χ3v) is 5.39. The summed E-state index contributed by atoms with van der Waals surface area (Å²) in [6, 6.07) is 9.62. The highest BCUT2D eigenvalue weighted by molar-refractivity contribution is 5.98. The van der Waals surface area contributed by atoms with Gasteiger partial charge in [0.25, 0.3) is 5.89 Å². The molecule has 1 unspecified atom stereocenters. The lowest BCUT2D eigenvalue weighted by molar-refractivity contribution is -0.116. The maximum atomic E-state index is 14.3. The predicted molar refractivity (Wildman–Crippen MR) is 112 cm³/mol. The number of halogens is 1. The molecule has 1 aromatic heterocycles. The van der Waals surface area contributed by atoms with Gasteiger partial charge in [0.1, 0.15) is 11.4 Å². The first kappa shape index (κ1) is 21.0. The normalized spacial score (nSPS) is 14.9. The number of aromatic nitrogens is 2. The summed E-state index contributed by atoms with van der Waals surface area (Å²) in [4.78, 5) is 18.6. The standard InChI is InChI=1S/C22H23FN4O4/c1-13-25-21(31-26-13)14-6-7-17(23)18(10-14)24-11-20(29)27-9-8-15-16(22(2,30)12-28)4-3-5-19(15)27/h3-7,10,24,28,30H,8-9,11-12H2,1-2H3. The van der Waals surface area contributed by atoms with Crippen molar-refractivity contribution in [3.05, 3.63) is 59.2 Å². The molecule has 0 radical (unpaired) electrons. The zero-order valence-electron chi connectivity index (χ0n) is 17.2. The van der Waals surface area contributed by atoms with Crippen molar-refractivity contribution >= 4 is 17.3 Å². The minimum Gasteiger partial charge on any atom is -0.393 e. The van der Waals surface area contributed by atoms with Gasteiger partial charge < -0.3 is 25.0 Å². The summed E-state index contributed by atoms with van der Waals surface area (Å²) >= 11 is 0. The first-order valence-corrected chi connectivity index (χ1v) is 9.90. The summed E-state index contributed by atoms with van der Waals surface area (Å²) in [7, 11) is 0. The van der Waals surface area contributed by atoms with Crippen molar-refractivity contribution in [2.24, 2.45) is 0 Å². The molecule has 0 saturated heterocycles. The van der Waals surface area contributed by atoms with Gasteiger partial charge in [-0.15, -0.1) is 0 Å². The molecule has 0 spiro atoms. The zero-order chi connectivity index (χ0) is 22.2. The Morgan fingerprint density at radius 1 is 1.35 bits per heavy atom. The molecule has 3 aromatic rings. The van der Waals surface area contributed by atoms with Crippen molar-refractivity contribution in [1.82, 2.24) is 10.1 Å². The number of aryl methyl sites for hydroxylation is 1. The van der Waals surface area contributed by atoms with Crippen molar-refractivity contribution in [2.75, 3.05) is 29.9 Å². The Hall–Kier alpha value is -3.30. The minimum absolute atomic E-state index is 0.122. The fourth-order valence-corrected chi connectivity index (χ4v) is 3.76. The first-order chi connectivity index (χ1) is 14.8. The van der Waals surface area contributed by atoms with Crippen LogP contribution in [0.2, 0.25) is 0 Å². The van der Waals surface area contributed by atoms with Crippen molar-refractivity contribution < 1.29 is 23.9 Å². The van der Waals surface area contributed by atoms with E-state index in [1.165, 1.54) is 25.1 Å². The zero-order valence-corrected chi connectivity index (χ0v) is 17.2. The summed E-state index contributed by atoms with van der Waals surface area (Å²) in [5.74, 6) is -0.00562. The van der Waals surface area contributed by atoms with Crippen LogP contribution in [0.1, 0.15) is 23.9 Å². The number of rotatable bonds is 6. The number of nitrogens with one attached hydrogen (secondary N) is 1. The van der Waals surface area contributed by atoms with E-state index in [0.717, 1.165) is 5.56 Å². The SMILES string of the molecule is Cc1noc(-c2ccc(F)c(NCC(=O)N3CCc4c3cccc4C(C)(O)CO)c2)n1. The highest BCUT2D eigenvalue weighted by Crippen LogP contribution is 2.36. The number of hydrogen-bond acceptors (Lipinski definition) is 7. The van der Waals surface area contributed by atoms with Crippen molar-refractivity contribution in [3.8, 4) is 11.5 Å². The lowest BCUT2D eigenvalue weighted by atomic mass is 9.91. The molecule has 4 rings (SSSR count). The molecule has 9 heteroatoms. The third-order valence-electron chi connectivity index (χ3n) is 5.39. The summed E-state index contributed by atoms with van der Waals surface area (Å²) in [6.45, 7) is 3.12. The summed E-state index contributed by atoms with van der Waals surface area (Å²) in [5.41, 5.74) is 1.42. The minimum atomic E-state index is -1.39. The number of nitrogens with zero attached hydrogens (tertiary/aromatic N) is 3. The number of anilines is 2. The molecule has 8 nitrogen and oxygen atoms in total. The van der Waals surface area contributed by atoms with Crippen LogP contribution in [0, 0.1) is 12.7 Å². The van der Waals surface area contributed by atoms with E-state index in [1.807, 2.05) is 0 Å². The molecule has 162 valence electrons. The second-order valence-corrected chi connectivity index (χ2v) is 7.73.